The van der Waals surface area contributed by atoms with Gasteiger partial charge in [0.05, 0.1) is 23.5 Å². The van der Waals surface area contributed by atoms with Crippen molar-refractivity contribution in [1.82, 2.24) is 20.3 Å². The number of carbonyl (C=O) groups excluding carboxylic acids is 2. The van der Waals surface area contributed by atoms with E-state index in [1.165, 1.54) is 35.2 Å². The number of benzene rings is 1. The maximum Gasteiger partial charge on any atom is 0.232 e. The minimum absolute atomic E-state index is 0.00223. The van der Waals surface area contributed by atoms with Crippen molar-refractivity contribution in [3.63, 3.8) is 0 Å². The molecule has 1 aromatic carbocycles. The Morgan fingerprint density at radius 3 is 2.58 bits per heavy atom. The number of thiazole rings is 2. The van der Waals surface area contributed by atoms with Gasteiger partial charge in [-0.25, -0.2) is 9.97 Å². The lowest BCUT2D eigenvalue weighted by atomic mass is 10.1. The van der Waals surface area contributed by atoms with Crippen molar-refractivity contribution in [3.05, 3.63) is 70.7 Å². The van der Waals surface area contributed by atoms with Gasteiger partial charge in [0.1, 0.15) is 5.01 Å². The number of hydrogen-bond acceptors (Lipinski definition) is 7. The van der Waals surface area contributed by atoms with E-state index in [-0.39, 0.29) is 18.2 Å². The van der Waals surface area contributed by atoms with E-state index in [4.69, 9.17) is 0 Å². The molecule has 0 radical (unpaired) electrons. The predicted octanol–water partition coefficient (Wildman–Crippen LogP) is 4.58. The average molecular weight is 478 g/mol. The van der Waals surface area contributed by atoms with Crippen molar-refractivity contribution in [1.29, 1.82) is 0 Å². The van der Waals surface area contributed by atoms with E-state index in [1.807, 2.05) is 41.1 Å². The van der Waals surface area contributed by atoms with E-state index in [2.05, 4.69) is 37.7 Å². The highest BCUT2D eigenvalue weighted by Crippen LogP contribution is 2.26. The molecule has 0 saturated carbocycles. The highest BCUT2D eigenvalue weighted by atomic mass is 32.1. The molecule has 0 unspecified atom stereocenters. The zero-order chi connectivity index (χ0) is 23.0. The molecule has 2 amide bonds. The molecule has 3 aromatic heterocycles. The normalized spacial score (nSPS) is 10.7. The number of amides is 2. The molecule has 0 saturated heterocycles. The Kier molecular flexibility index (Phi) is 7.54. The predicted molar refractivity (Wildman–Crippen MR) is 132 cm³/mol. The molecule has 33 heavy (non-hydrogen) atoms. The Morgan fingerprint density at radius 1 is 0.970 bits per heavy atom. The fourth-order valence-corrected chi connectivity index (χ4v) is 4.72. The van der Waals surface area contributed by atoms with Crippen molar-refractivity contribution in [2.45, 2.75) is 26.2 Å². The molecule has 2 N–H and O–H groups in total. The van der Waals surface area contributed by atoms with E-state index in [1.54, 1.807) is 6.20 Å². The van der Waals surface area contributed by atoms with E-state index in [9.17, 15) is 9.59 Å². The smallest absolute Gasteiger partial charge is 0.232 e. The fourth-order valence-electron chi connectivity index (χ4n) is 3.19. The molecule has 168 valence electrons. The van der Waals surface area contributed by atoms with Gasteiger partial charge in [-0.15, -0.1) is 22.7 Å². The molecule has 0 aliphatic carbocycles. The summed E-state index contributed by atoms with van der Waals surface area (Å²) >= 11 is 2.87. The van der Waals surface area contributed by atoms with Crippen molar-refractivity contribution < 1.29 is 9.59 Å². The van der Waals surface area contributed by atoms with Gasteiger partial charge < -0.3 is 10.6 Å². The van der Waals surface area contributed by atoms with Crippen LogP contribution in [0.1, 0.15) is 24.6 Å². The zero-order valence-electron chi connectivity index (χ0n) is 18.1. The number of hydrogen-bond donors (Lipinski definition) is 2. The number of aromatic nitrogens is 3. The number of nitrogens with one attached hydrogen (secondary N) is 2. The number of carbonyl (C=O) groups is 2. The van der Waals surface area contributed by atoms with Gasteiger partial charge >= 0.3 is 0 Å². The van der Waals surface area contributed by atoms with Crippen LogP contribution in [0, 0.1) is 0 Å². The Bertz CT molecular complexity index is 1220. The number of pyridine rings is 1. The molecule has 0 spiro atoms. The van der Waals surface area contributed by atoms with Crippen molar-refractivity contribution in [2.75, 3.05) is 11.9 Å². The molecule has 3 heterocycles. The maximum absolute atomic E-state index is 12.5. The summed E-state index contributed by atoms with van der Waals surface area (Å²) in [5.74, 6) is -0.152. The highest BCUT2D eigenvalue weighted by Gasteiger charge is 2.12. The summed E-state index contributed by atoms with van der Waals surface area (Å²) in [5.41, 5.74) is 4.55. The molecule has 7 nitrogen and oxygen atoms in total. The Balaban J connectivity index is 1.30. The Hall–Kier alpha value is -3.43. The second-order valence-electron chi connectivity index (χ2n) is 7.41. The topological polar surface area (TPSA) is 96.9 Å². The van der Waals surface area contributed by atoms with Gasteiger partial charge in [-0.1, -0.05) is 30.3 Å². The number of aryl methyl sites for hydroxylation is 1. The lowest BCUT2D eigenvalue weighted by Gasteiger charge is -2.04. The quantitative estimate of drug-likeness (QED) is 0.344. The first-order chi connectivity index (χ1) is 16.1. The highest BCUT2D eigenvalue weighted by molar-refractivity contribution is 7.14. The molecule has 4 aromatic rings. The van der Waals surface area contributed by atoms with E-state index < -0.39 is 0 Å². The molecule has 9 heteroatoms. The first-order valence-corrected chi connectivity index (χ1v) is 12.3. The molecule has 0 bridgehead atoms. The molecule has 0 aliphatic heterocycles. The standard InChI is InChI=1S/C24H23N5O2S2/c1-16(30)25-12-4-5-17-7-9-18(10-8-17)21-15-33-24(28-21)29-22(31)13-19-14-32-23(27-19)20-6-2-3-11-26-20/h2-3,6-11,14-15H,4-5,12-13H2,1H3,(H,25,30)(H,28,29,31). The molecule has 0 atom stereocenters. The van der Waals surface area contributed by atoms with Gasteiger partial charge in [0.2, 0.25) is 11.8 Å². The lowest BCUT2D eigenvalue weighted by Crippen LogP contribution is -2.21. The van der Waals surface area contributed by atoms with Crippen molar-refractivity contribution >= 4 is 39.6 Å². The summed E-state index contributed by atoms with van der Waals surface area (Å²) in [6, 6.07) is 13.9. The first kappa shape index (κ1) is 22.8. The van der Waals surface area contributed by atoms with Crippen LogP contribution in [0.2, 0.25) is 0 Å². The molecule has 0 aliphatic rings. The zero-order valence-corrected chi connectivity index (χ0v) is 19.7. The number of rotatable bonds is 9. The van der Waals surface area contributed by atoms with Crippen LogP contribution in [0.5, 0.6) is 0 Å². The van der Waals surface area contributed by atoms with Gasteiger partial charge in [-0.2, -0.15) is 0 Å². The molecule has 0 fully saturated rings. The Labute approximate surface area is 200 Å². The molecular formula is C24H23N5O2S2. The van der Waals surface area contributed by atoms with E-state index >= 15 is 0 Å². The Morgan fingerprint density at radius 2 is 1.82 bits per heavy atom. The SMILES string of the molecule is CC(=O)NCCCc1ccc(-c2csc(NC(=O)Cc3csc(-c4ccccn4)n3)n2)cc1. The second kappa shape index (κ2) is 10.9. The van der Waals surface area contributed by atoms with Crippen LogP contribution >= 0.6 is 22.7 Å². The molecule has 4 rings (SSSR count). The summed E-state index contributed by atoms with van der Waals surface area (Å²) in [6.45, 7) is 2.20. The van der Waals surface area contributed by atoms with Gasteiger partial charge in [0, 0.05) is 36.0 Å². The van der Waals surface area contributed by atoms with E-state index in [0.717, 1.165) is 34.8 Å². The molecular weight excluding hydrogens is 454 g/mol. The average Bonchev–Trinajstić information content (AvgIpc) is 3.47. The maximum atomic E-state index is 12.5. The minimum atomic E-state index is -0.150. The van der Waals surface area contributed by atoms with E-state index in [0.29, 0.717) is 17.4 Å². The van der Waals surface area contributed by atoms with Crippen LogP contribution in [0.3, 0.4) is 0 Å². The van der Waals surface area contributed by atoms with Crippen molar-refractivity contribution in [2.24, 2.45) is 0 Å². The minimum Gasteiger partial charge on any atom is -0.356 e. The summed E-state index contributed by atoms with van der Waals surface area (Å²) in [6.07, 6.45) is 3.71. The van der Waals surface area contributed by atoms with Crippen LogP contribution < -0.4 is 10.6 Å². The summed E-state index contributed by atoms with van der Waals surface area (Å²) in [7, 11) is 0. The van der Waals surface area contributed by atoms with Gasteiger partial charge in [0.25, 0.3) is 0 Å². The van der Waals surface area contributed by atoms with Crippen LogP contribution in [0.4, 0.5) is 5.13 Å². The largest absolute Gasteiger partial charge is 0.356 e. The van der Waals surface area contributed by atoms with Crippen molar-refractivity contribution in [3.8, 4) is 22.0 Å². The monoisotopic (exact) mass is 477 g/mol. The second-order valence-corrected chi connectivity index (χ2v) is 9.12. The van der Waals surface area contributed by atoms with Crippen LogP contribution in [0.15, 0.2) is 59.4 Å². The third-order valence-electron chi connectivity index (χ3n) is 4.79. The fraction of sp³-hybridized carbons (Fsp3) is 0.208. The lowest BCUT2D eigenvalue weighted by molar-refractivity contribution is -0.119. The summed E-state index contributed by atoms with van der Waals surface area (Å²) < 4.78 is 0. The summed E-state index contributed by atoms with van der Waals surface area (Å²) in [4.78, 5) is 36.7. The van der Waals surface area contributed by atoms with Crippen LogP contribution in [-0.4, -0.2) is 33.3 Å². The third-order valence-corrected chi connectivity index (χ3v) is 6.47. The van der Waals surface area contributed by atoms with Crippen LogP contribution in [-0.2, 0) is 22.4 Å². The van der Waals surface area contributed by atoms with Crippen LogP contribution in [0.25, 0.3) is 22.0 Å². The van der Waals surface area contributed by atoms with Gasteiger partial charge in [-0.3, -0.25) is 14.6 Å². The van der Waals surface area contributed by atoms with Gasteiger partial charge in [-0.05, 0) is 30.5 Å². The van der Waals surface area contributed by atoms with Gasteiger partial charge in [0.15, 0.2) is 5.13 Å². The summed E-state index contributed by atoms with van der Waals surface area (Å²) in [5, 5.41) is 10.9. The first-order valence-electron chi connectivity index (χ1n) is 10.5. The number of nitrogens with zero attached hydrogens (tertiary/aromatic N) is 3. The number of anilines is 1. The third kappa shape index (κ3) is 6.53.